The van der Waals surface area contributed by atoms with Gasteiger partial charge >= 0.3 is 0 Å². The molecule has 1 aliphatic carbocycles. The van der Waals surface area contributed by atoms with Crippen LogP contribution in [0.2, 0.25) is 0 Å². The lowest BCUT2D eigenvalue weighted by Crippen LogP contribution is -2.88. The summed E-state index contributed by atoms with van der Waals surface area (Å²) in [6.45, 7) is 2.99. The van der Waals surface area contributed by atoms with Crippen molar-refractivity contribution >= 4 is 0 Å². The van der Waals surface area contributed by atoms with Crippen LogP contribution in [-0.4, -0.2) is 29.5 Å². The molecule has 1 saturated carbocycles. The number of ether oxygens (including phenoxy) is 1. The first-order valence-corrected chi connectivity index (χ1v) is 5.41. The summed E-state index contributed by atoms with van der Waals surface area (Å²) in [5, 5.41) is 6.68. The van der Waals surface area contributed by atoms with E-state index in [0.717, 1.165) is 19.7 Å². The third-order valence-electron chi connectivity index (χ3n) is 2.94. The van der Waals surface area contributed by atoms with E-state index < -0.39 is 0 Å². The van der Waals surface area contributed by atoms with E-state index in [-0.39, 0.29) is 6.10 Å². The molecule has 2 N–H and O–H groups in total. The van der Waals surface area contributed by atoms with E-state index >= 15 is 0 Å². The third-order valence-corrected chi connectivity index (χ3v) is 2.94. The summed E-state index contributed by atoms with van der Waals surface area (Å²) in [5.74, 6) is 0. The Kier molecular flexibility index (Phi) is 2.03. The SMILES string of the molecule is c1nn(C2CC2)cc1C1C[NH2+]CCO1. The molecule has 0 bridgehead atoms. The van der Waals surface area contributed by atoms with Gasteiger partial charge in [0.1, 0.15) is 12.6 Å². The van der Waals surface area contributed by atoms with Crippen molar-refractivity contribution in [3.63, 3.8) is 0 Å². The molecule has 1 aliphatic heterocycles. The summed E-state index contributed by atoms with van der Waals surface area (Å²) in [7, 11) is 0. The molecule has 0 aromatic carbocycles. The molecular formula is C10H16N3O+. The second-order valence-electron chi connectivity index (χ2n) is 4.16. The van der Waals surface area contributed by atoms with E-state index in [0.29, 0.717) is 6.04 Å². The zero-order valence-electron chi connectivity index (χ0n) is 8.22. The lowest BCUT2D eigenvalue weighted by Gasteiger charge is -2.19. The molecule has 1 unspecified atom stereocenters. The van der Waals surface area contributed by atoms with Gasteiger partial charge in [0, 0.05) is 11.8 Å². The minimum absolute atomic E-state index is 0.260. The predicted octanol–water partition coefficient (Wildman–Crippen LogP) is -0.147. The van der Waals surface area contributed by atoms with Gasteiger partial charge < -0.3 is 10.1 Å². The number of aromatic nitrogens is 2. The molecule has 1 aromatic heterocycles. The summed E-state index contributed by atoms with van der Waals surface area (Å²) < 4.78 is 7.78. The predicted molar refractivity (Wildman–Crippen MR) is 50.9 cm³/mol. The van der Waals surface area contributed by atoms with Crippen molar-refractivity contribution < 1.29 is 10.1 Å². The average molecular weight is 194 g/mol. The van der Waals surface area contributed by atoms with Gasteiger partial charge in [0.15, 0.2) is 0 Å². The number of hydrogen-bond acceptors (Lipinski definition) is 2. The van der Waals surface area contributed by atoms with Crippen molar-refractivity contribution in [1.29, 1.82) is 0 Å². The number of rotatable bonds is 2. The smallest absolute Gasteiger partial charge is 0.134 e. The second kappa shape index (κ2) is 3.37. The first-order valence-electron chi connectivity index (χ1n) is 5.41. The number of quaternary nitrogens is 1. The van der Waals surface area contributed by atoms with Crippen LogP contribution in [0, 0.1) is 0 Å². The Morgan fingerprint density at radius 1 is 1.50 bits per heavy atom. The lowest BCUT2D eigenvalue weighted by molar-refractivity contribution is -0.678. The van der Waals surface area contributed by atoms with Gasteiger partial charge in [0.25, 0.3) is 0 Å². The Balaban J connectivity index is 1.74. The average Bonchev–Trinajstić information content (AvgIpc) is 2.98. The van der Waals surface area contributed by atoms with Gasteiger partial charge in [-0.2, -0.15) is 5.10 Å². The Hall–Kier alpha value is -0.870. The van der Waals surface area contributed by atoms with Gasteiger partial charge in [-0.3, -0.25) is 4.68 Å². The summed E-state index contributed by atoms with van der Waals surface area (Å²) in [6, 6.07) is 0.677. The molecule has 0 spiro atoms. The highest BCUT2D eigenvalue weighted by Gasteiger charge is 2.26. The zero-order chi connectivity index (χ0) is 9.38. The Morgan fingerprint density at radius 3 is 3.14 bits per heavy atom. The van der Waals surface area contributed by atoms with Crippen molar-refractivity contribution in [2.75, 3.05) is 19.7 Å². The maximum Gasteiger partial charge on any atom is 0.134 e. The normalized spacial score (nSPS) is 27.9. The van der Waals surface area contributed by atoms with Crippen LogP contribution in [0.15, 0.2) is 12.4 Å². The molecule has 1 aromatic rings. The largest absolute Gasteiger partial charge is 0.362 e. The van der Waals surface area contributed by atoms with E-state index in [1.807, 2.05) is 6.20 Å². The molecule has 2 fully saturated rings. The van der Waals surface area contributed by atoms with Crippen LogP contribution in [-0.2, 0) is 4.74 Å². The molecule has 0 amide bonds. The summed E-state index contributed by atoms with van der Waals surface area (Å²) in [6.07, 6.45) is 6.96. The number of nitrogens with zero attached hydrogens (tertiary/aromatic N) is 2. The fourth-order valence-corrected chi connectivity index (χ4v) is 1.92. The third kappa shape index (κ3) is 1.55. The monoisotopic (exact) mass is 194 g/mol. The van der Waals surface area contributed by atoms with Crippen LogP contribution in [0.3, 0.4) is 0 Å². The molecule has 1 saturated heterocycles. The number of hydrogen-bond donors (Lipinski definition) is 1. The standard InChI is InChI=1S/C10H15N3O/c1-2-9(1)13-7-8(5-12-13)10-6-11-3-4-14-10/h5,7,9-11H,1-4,6H2/p+1. The molecular weight excluding hydrogens is 178 g/mol. The molecule has 14 heavy (non-hydrogen) atoms. The molecule has 3 rings (SSSR count). The van der Waals surface area contributed by atoms with Crippen LogP contribution >= 0.6 is 0 Å². The molecule has 1 atom stereocenters. The van der Waals surface area contributed by atoms with Gasteiger partial charge in [-0.25, -0.2) is 0 Å². The van der Waals surface area contributed by atoms with E-state index in [2.05, 4.69) is 21.3 Å². The topological polar surface area (TPSA) is 43.7 Å². The molecule has 2 heterocycles. The highest BCUT2D eigenvalue weighted by Crippen LogP contribution is 2.34. The maximum atomic E-state index is 5.69. The van der Waals surface area contributed by atoms with Crippen LogP contribution in [0.1, 0.15) is 30.6 Å². The molecule has 4 heteroatoms. The minimum Gasteiger partial charge on any atom is -0.362 e. The highest BCUT2D eigenvalue weighted by molar-refractivity contribution is 5.10. The van der Waals surface area contributed by atoms with Gasteiger partial charge in [0.2, 0.25) is 0 Å². The van der Waals surface area contributed by atoms with Crippen molar-refractivity contribution in [2.24, 2.45) is 0 Å². The zero-order valence-corrected chi connectivity index (χ0v) is 8.22. The van der Waals surface area contributed by atoms with Crippen LogP contribution in [0.4, 0.5) is 0 Å². The fraction of sp³-hybridized carbons (Fsp3) is 0.700. The first-order chi connectivity index (χ1) is 6.93. The number of nitrogens with two attached hydrogens (primary N) is 1. The van der Waals surface area contributed by atoms with Crippen LogP contribution in [0.25, 0.3) is 0 Å². The minimum atomic E-state index is 0.260. The molecule has 0 radical (unpaired) electrons. The van der Waals surface area contributed by atoms with E-state index in [9.17, 15) is 0 Å². The lowest BCUT2D eigenvalue weighted by atomic mass is 10.2. The van der Waals surface area contributed by atoms with E-state index in [1.165, 1.54) is 18.4 Å². The van der Waals surface area contributed by atoms with Crippen molar-refractivity contribution in [1.82, 2.24) is 9.78 Å². The van der Waals surface area contributed by atoms with E-state index in [4.69, 9.17) is 4.74 Å². The second-order valence-corrected chi connectivity index (χ2v) is 4.16. The van der Waals surface area contributed by atoms with Gasteiger partial charge in [-0.15, -0.1) is 0 Å². The quantitative estimate of drug-likeness (QED) is 0.711. The fourth-order valence-electron chi connectivity index (χ4n) is 1.92. The Morgan fingerprint density at radius 2 is 2.43 bits per heavy atom. The summed E-state index contributed by atoms with van der Waals surface area (Å²) >= 11 is 0. The summed E-state index contributed by atoms with van der Waals surface area (Å²) in [5.41, 5.74) is 1.24. The van der Waals surface area contributed by atoms with E-state index in [1.54, 1.807) is 0 Å². The van der Waals surface area contributed by atoms with Gasteiger partial charge in [-0.05, 0) is 12.8 Å². The Bertz CT molecular complexity index is 313. The summed E-state index contributed by atoms with van der Waals surface area (Å²) in [4.78, 5) is 0. The maximum absolute atomic E-state index is 5.69. The Labute approximate surface area is 83.2 Å². The first kappa shape index (κ1) is 8.44. The van der Waals surface area contributed by atoms with Crippen molar-refractivity contribution in [3.05, 3.63) is 18.0 Å². The number of morpholine rings is 1. The van der Waals surface area contributed by atoms with Crippen LogP contribution in [0.5, 0.6) is 0 Å². The van der Waals surface area contributed by atoms with Gasteiger partial charge in [-0.1, -0.05) is 0 Å². The van der Waals surface area contributed by atoms with Crippen molar-refractivity contribution in [2.45, 2.75) is 25.0 Å². The van der Waals surface area contributed by atoms with Gasteiger partial charge in [0.05, 0.1) is 25.4 Å². The highest BCUT2D eigenvalue weighted by atomic mass is 16.5. The molecule has 4 nitrogen and oxygen atoms in total. The molecule has 2 aliphatic rings. The molecule has 76 valence electrons. The van der Waals surface area contributed by atoms with Crippen LogP contribution < -0.4 is 5.32 Å². The van der Waals surface area contributed by atoms with Crippen molar-refractivity contribution in [3.8, 4) is 0 Å².